The SMILES string of the molecule is COC(=O)c1cccc2nc3c(O[C@@H]4O[C@@H](C)[C@H](O)[C@@H](O)[C@H]4O)cccc3nc12. The van der Waals surface area contributed by atoms with Crippen molar-refractivity contribution in [3.05, 3.63) is 42.0 Å². The van der Waals surface area contributed by atoms with Gasteiger partial charge in [0.1, 0.15) is 29.3 Å². The Bertz CT molecular complexity index is 1070. The molecule has 0 saturated carbocycles. The van der Waals surface area contributed by atoms with Gasteiger partial charge in [-0.05, 0) is 31.2 Å². The summed E-state index contributed by atoms with van der Waals surface area (Å²) in [6.45, 7) is 1.57. The second-order valence-corrected chi connectivity index (χ2v) is 6.81. The van der Waals surface area contributed by atoms with Crippen LogP contribution in [0.1, 0.15) is 17.3 Å². The summed E-state index contributed by atoms with van der Waals surface area (Å²) < 4.78 is 16.1. The van der Waals surface area contributed by atoms with Gasteiger partial charge in [0.2, 0.25) is 6.29 Å². The number of rotatable bonds is 3. The molecule has 9 heteroatoms. The molecule has 3 aromatic rings. The van der Waals surface area contributed by atoms with Crippen LogP contribution in [0.25, 0.3) is 22.1 Å². The first kappa shape index (κ1) is 19.5. The molecule has 0 amide bonds. The molecule has 1 aliphatic heterocycles. The first-order chi connectivity index (χ1) is 13.9. The van der Waals surface area contributed by atoms with Gasteiger partial charge in [-0.3, -0.25) is 0 Å². The Morgan fingerprint density at radius 2 is 1.62 bits per heavy atom. The Labute approximate surface area is 165 Å². The number of aromatic nitrogens is 2. The number of carbonyl (C=O) groups excluding carboxylic acids is 1. The zero-order valence-corrected chi connectivity index (χ0v) is 15.7. The van der Waals surface area contributed by atoms with Crippen molar-refractivity contribution in [2.24, 2.45) is 0 Å². The third-order valence-electron chi connectivity index (χ3n) is 4.91. The highest BCUT2D eigenvalue weighted by molar-refractivity contribution is 6.03. The van der Waals surface area contributed by atoms with Crippen molar-refractivity contribution < 1.29 is 34.3 Å². The van der Waals surface area contributed by atoms with Gasteiger partial charge in [0, 0.05) is 0 Å². The number of aliphatic hydroxyl groups is 3. The summed E-state index contributed by atoms with van der Waals surface area (Å²) >= 11 is 0. The number of methoxy groups -OCH3 is 1. The Hall–Kier alpha value is -2.85. The zero-order chi connectivity index (χ0) is 20.7. The van der Waals surface area contributed by atoms with Crippen LogP contribution in [-0.2, 0) is 9.47 Å². The summed E-state index contributed by atoms with van der Waals surface area (Å²) in [5.74, 6) is -0.239. The number of para-hydroxylation sites is 2. The van der Waals surface area contributed by atoms with Crippen LogP contribution in [0.5, 0.6) is 5.75 Å². The molecule has 3 N–H and O–H groups in total. The summed E-state index contributed by atoms with van der Waals surface area (Å²) in [6, 6.07) is 10.0. The Kier molecular flexibility index (Phi) is 5.05. The molecule has 0 aliphatic carbocycles. The van der Waals surface area contributed by atoms with Crippen LogP contribution in [-0.4, -0.2) is 69.1 Å². The highest BCUT2D eigenvalue weighted by Crippen LogP contribution is 2.30. The van der Waals surface area contributed by atoms with Crippen LogP contribution in [0.15, 0.2) is 36.4 Å². The van der Waals surface area contributed by atoms with Crippen LogP contribution in [0, 0.1) is 0 Å². The topological polar surface area (TPSA) is 131 Å². The maximum Gasteiger partial charge on any atom is 0.340 e. The minimum absolute atomic E-state index is 0.278. The van der Waals surface area contributed by atoms with Gasteiger partial charge in [-0.25, -0.2) is 14.8 Å². The second kappa shape index (κ2) is 7.53. The molecule has 2 aromatic carbocycles. The third kappa shape index (κ3) is 3.38. The van der Waals surface area contributed by atoms with E-state index in [1.807, 2.05) is 0 Å². The Morgan fingerprint density at radius 3 is 2.34 bits per heavy atom. The Balaban J connectivity index is 1.76. The fourth-order valence-corrected chi connectivity index (χ4v) is 3.30. The van der Waals surface area contributed by atoms with Gasteiger partial charge in [-0.15, -0.1) is 0 Å². The fourth-order valence-electron chi connectivity index (χ4n) is 3.30. The average molecular weight is 400 g/mol. The van der Waals surface area contributed by atoms with Crippen LogP contribution in [0.2, 0.25) is 0 Å². The van der Waals surface area contributed by atoms with E-state index in [-0.39, 0.29) is 5.75 Å². The van der Waals surface area contributed by atoms with Crippen LogP contribution >= 0.6 is 0 Å². The largest absolute Gasteiger partial charge is 0.465 e. The minimum Gasteiger partial charge on any atom is -0.465 e. The fraction of sp³-hybridized carbons (Fsp3) is 0.350. The van der Waals surface area contributed by atoms with Crippen molar-refractivity contribution in [3.63, 3.8) is 0 Å². The monoisotopic (exact) mass is 400 g/mol. The number of aliphatic hydroxyl groups excluding tert-OH is 3. The number of hydrogen-bond donors (Lipinski definition) is 3. The number of hydrogen-bond acceptors (Lipinski definition) is 9. The van der Waals surface area contributed by atoms with E-state index in [2.05, 4.69) is 9.97 Å². The smallest absolute Gasteiger partial charge is 0.340 e. The predicted octanol–water partition coefficient (Wildman–Crippen LogP) is 0.776. The van der Waals surface area contributed by atoms with Crippen molar-refractivity contribution in [3.8, 4) is 5.75 Å². The lowest BCUT2D eigenvalue weighted by Crippen LogP contribution is -2.58. The van der Waals surface area contributed by atoms with Crippen molar-refractivity contribution in [2.75, 3.05) is 7.11 Å². The van der Waals surface area contributed by atoms with Gasteiger partial charge in [-0.2, -0.15) is 0 Å². The predicted molar refractivity (Wildman–Crippen MR) is 101 cm³/mol. The number of fused-ring (bicyclic) bond motifs is 2. The summed E-state index contributed by atoms with van der Waals surface area (Å²) in [5, 5.41) is 30.0. The molecule has 1 fully saturated rings. The molecule has 1 aliphatic rings. The molecule has 1 saturated heterocycles. The number of ether oxygens (including phenoxy) is 3. The summed E-state index contributed by atoms with van der Waals surface area (Å²) in [6.07, 6.45) is -6.02. The number of nitrogens with zero attached hydrogens (tertiary/aromatic N) is 2. The Morgan fingerprint density at radius 1 is 0.966 bits per heavy atom. The molecule has 2 heterocycles. The van der Waals surface area contributed by atoms with Gasteiger partial charge >= 0.3 is 5.97 Å². The molecule has 29 heavy (non-hydrogen) atoms. The van der Waals surface area contributed by atoms with Crippen LogP contribution in [0.3, 0.4) is 0 Å². The molecule has 152 valence electrons. The van der Waals surface area contributed by atoms with E-state index in [1.54, 1.807) is 43.3 Å². The van der Waals surface area contributed by atoms with E-state index in [1.165, 1.54) is 7.11 Å². The number of benzene rings is 2. The highest BCUT2D eigenvalue weighted by Gasteiger charge is 2.43. The first-order valence-electron chi connectivity index (χ1n) is 9.05. The zero-order valence-electron chi connectivity index (χ0n) is 15.7. The van der Waals surface area contributed by atoms with Gasteiger partial charge in [0.05, 0.1) is 29.8 Å². The molecule has 1 aromatic heterocycles. The van der Waals surface area contributed by atoms with Gasteiger partial charge in [0.25, 0.3) is 0 Å². The van der Waals surface area contributed by atoms with Crippen molar-refractivity contribution in [1.82, 2.24) is 9.97 Å². The lowest BCUT2D eigenvalue weighted by molar-refractivity contribution is -0.267. The van der Waals surface area contributed by atoms with E-state index >= 15 is 0 Å². The molecular weight excluding hydrogens is 380 g/mol. The minimum atomic E-state index is -1.45. The van der Waals surface area contributed by atoms with E-state index in [0.29, 0.717) is 27.6 Å². The van der Waals surface area contributed by atoms with Crippen molar-refractivity contribution in [2.45, 2.75) is 37.6 Å². The van der Waals surface area contributed by atoms with Crippen molar-refractivity contribution >= 4 is 28.0 Å². The second-order valence-electron chi connectivity index (χ2n) is 6.81. The maximum atomic E-state index is 12.0. The standard InChI is InChI=1S/C20H20N2O7/c1-9-16(23)17(24)18(25)20(28-9)29-13-8-4-7-12-15(13)22-11-6-3-5-10(14(11)21-12)19(26)27-2/h3-9,16-18,20,23-25H,1-2H3/t9-,16-,17+,18+,20-/m0/s1. The summed E-state index contributed by atoms with van der Waals surface area (Å²) in [5.41, 5.74) is 2.01. The lowest BCUT2D eigenvalue weighted by Gasteiger charge is -2.38. The van der Waals surface area contributed by atoms with Gasteiger partial charge < -0.3 is 29.5 Å². The van der Waals surface area contributed by atoms with Gasteiger partial charge in [-0.1, -0.05) is 12.1 Å². The molecule has 0 radical (unpaired) electrons. The van der Waals surface area contributed by atoms with E-state index in [9.17, 15) is 20.1 Å². The molecule has 4 rings (SSSR count). The first-order valence-corrected chi connectivity index (χ1v) is 9.05. The number of carbonyl (C=O) groups is 1. The maximum absolute atomic E-state index is 12.0. The molecule has 5 atom stereocenters. The quantitative estimate of drug-likeness (QED) is 0.431. The molecule has 0 bridgehead atoms. The molecule has 0 unspecified atom stereocenters. The van der Waals surface area contributed by atoms with E-state index in [4.69, 9.17) is 14.2 Å². The van der Waals surface area contributed by atoms with E-state index in [0.717, 1.165) is 0 Å². The third-order valence-corrected chi connectivity index (χ3v) is 4.91. The number of esters is 1. The normalized spacial score (nSPS) is 27.1. The molecule has 9 nitrogen and oxygen atoms in total. The van der Waals surface area contributed by atoms with Crippen LogP contribution in [0.4, 0.5) is 0 Å². The average Bonchev–Trinajstić information content (AvgIpc) is 2.73. The summed E-state index contributed by atoms with van der Waals surface area (Å²) in [7, 11) is 1.30. The van der Waals surface area contributed by atoms with Crippen LogP contribution < -0.4 is 4.74 Å². The summed E-state index contributed by atoms with van der Waals surface area (Å²) in [4.78, 5) is 21.1. The highest BCUT2D eigenvalue weighted by atomic mass is 16.7. The molecule has 0 spiro atoms. The van der Waals surface area contributed by atoms with E-state index < -0.39 is 36.7 Å². The van der Waals surface area contributed by atoms with Crippen molar-refractivity contribution in [1.29, 1.82) is 0 Å². The lowest BCUT2D eigenvalue weighted by atomic mass is 10.00. The molecular formula is C20H20N2O7. The van der Waals surface area contributed by atoms with Gasteiger partial charge in [0.15, 0.2) is 5.75 Å².